The van der Waals surface area contributed by atoms with Gasteiger partial charge in [0.25, 0.3) is 5.91 Å². The molecular formula is C27H22N2O3S. The monoisotopic (exact) mass is 454 g/mol. The Balaban J connectivity index is 1.38. The molecule has 164 valence electrons. The number of rotatable bonds is 6. The lowest BCUT2D eigenvalue weighted by molar-refractivity contribution is -0.120. The van der Waals surface area contributed by atoms with Gasteiger partial charge in [-0.3, -0.25) is 14.3 Å². The maximum Gasteiger partial charge on any atom is 0.262 e. The van der Waals surface area contributed by atoms with Crippen LogP contribution in [0.15, 0.2) is 95.9 Å². The van der Waals surface area contributed by atoms with Crippen molar-refractivity contribution in [2.45, 2.75) is 17.2 Å². The molecule has 33 heavy (non-hydrogen) atoms. The van der Waals surface area contributed by atoms with Gasteiger partial charge in [0.15, 0.2) is 6.61 Å². The number of nitrogens with one attached hydrogen (secondary N) is 2. The van der Waals surface area contributed by atoms with Crippen LogP contribution in [-0.2, 0) is 16.0 Å². The fourth-order valence-electron chi connectivity index (χ4n) is 3.94. The molecule has 2 N–H and O–H groups in total. The highest BCUT2D eigenvalue weighted by Crippen LogP contribution is 2.32. The van der Waals surface area contributed by atoms with Crippen LogP contribution in [0.2, 0.25) is 0 Å². The third-order valence-corrected chi connectivity index (χ3v) is 6.42. The van der Waals surface area contributed by atoms with Gasteiger partial charge in [-0.25, -0.2) is 0 Å². The molecule has 4 aromatic rings. The van der Waals surface area contributed by atoms with E-state index >= 15 is 0 Å². The number of anilines is 1. The van der Waals surface area contributed by atoms with Gasteiger partial charge in [-0.05, 0) is 58.5 Å². The van der Waals surface area contributed by atoms with Crippen LogP contribution in [0.25, 0.3) is 10.8 Å². The Morgan fingerprint density at radius 3 is 2.58 bits per heavy atom. The van der Waals surface area contributed by atoms with Crippen molar-refractivity contribution >= 4 is 40.2 Å². The van der Waals surface area contributed by atoms with Crippen LogP contribution in [-0.4, -0.2) is 18.4 Å². The van der Waals surface area contributed by atoms with Crippen LogP contribution in [0.4, 0.5) is 5.69 Å². The SMILES string of the molecule is O=C1COc2ccc(SNC(=O)C(Cc3ccccc3)c3ccc4ccccc4c3)cc2N1. The van der Waals surface area contributed by atoms with Crippen LogP contribution in [0.3, 0.4) is 0 Å². The molecule has 2 amide bonds. The highest BCUT2D eigenvalue weighted by molar-refractivity contribution is 7.98. The fourth-order valence-corrected chi connectivity index (χ4v) is 4.62. The number of fused-ring (bicyclic) bond motifs is 2. The van der Waals surface area contributed by atoms with Crippen molar-refractivity contribution in [1.82, 2.24) is 4.72 Å². The van der Waals surface area contributed by atoms with Crippen molar-refractivity contribution in [3.05, 3.63) is 102 Å². The number of benzene rings is 4. The zero-order valence-electron chi connectivity index (χ0n) is 17.8. The minimum Gasteiger partial charge on any atom is -0.482 e. The first-order valence-electron chi connectivity index (χ1n) is 10.7. The van der Waals surface area contributed by atoms with E-state index in [1.165, 1.54) is 11.9 Å². The van der Waals surface area contributed by atoms with Gasteiger partial charge < -0.3 is 10.1 Å². The molecular weight excluding hydrogens is 432 g/mol. The number of ether oxygens (including phenoxy) is 1. The largest absolute Gasteiger partial charge is 0.482 e. The molecule has 1 aliphatic rings. The summed E-state index contributed by atoms with van der Waals surface area (Å²) in [6, 6.07) is 29.9. The lowest BCUT2D eigenvalue weighted by Gasteiger charge is -2.20. The Kier molecular flexibility index (Phi) is 6.00. The van der Waals surface area contributed by atoms with E-state index in [9.17, 15) is 9.59 Å². The Morgan fingerprint density at radius 1 is 0.939 bits per heavy atom. The summed E-state index contributed by atoms with van der Waals surface area (Å²) < 4.78 is 8.41. The average Bonchev–Trinajstić information content (AvgIpc) is 2.86. The first-order valence-corrected chi connectivity index (χ1v) is 11.5. The molecule has 0 spiro atoms. The Morgan fingerprint density at radius 2 is 1.73 bits per heavy atom. The molecule has 0 radical (unpaired) electrons. The third-order valence-electron chi connectivity index (χ3n) is 5.63. The average molecular weight is 455 g/mol. The summed E-state index contributed by atoms with van der Waals surface area (Å²) >= 11 is 1.23. The van der Waals surface area contributed by atoms with E-state index in [-0.39, 0.29) is 24.3 Å². The summed E-state index contributed by atoms with van der Waals surface area (Å²) in [5.41, 5.74) is 2.69. The molecule has 0 bridgehead atoms. The van der Waals surface area contributed by atoms with Gasteiger partial charge in [-0.15, -0.1) is 0 Å². The van der Waals surface area contributed by atoms with E-state index in [1.807, 2.05) is 54.6 Å². The molecule has 0 saturated heterocycles. The Labute approximate surface area is 196 Å². The van der Waals surface area contributed by atoms with Crippen LogP contribution < -0.4 is 14.8 Å². The predicted molar refractivity (Wildman–Crippen MR) is 131 cm³/mol. The zero-order chi connectivity index (χ0) is 22.6. The van der Waals surface area contributed by atoms with E-state index in [1.54, 1.807) is 12.1 Å². The molecule has 6 heteroatoms. The minimum absolute atomic E-state index is 0.0170. The predicted octanol–water partition coefficient (Wildman–Crippen LogP) is 5.32. The van der Waals surface area contributed by atoms with Crippen molar-refractivity contribution < 1.29 is 14.3 Å². The second-order valence-corrected chi connectivity index (χ2v) is 8.79. The van der Waals surface area contributed by atoms with Crippen molar-refractivity contribution in [1.29, 1.82) is 0 Å². The zero-order valence-corrected chi connectivity index (χ0v) is 18.6. The van der Waals surface area contributed by atoms with Crippen LogP contribution in [0.1, 0.15) is 17.0 Å². The quantitative estimate of drug-likeness (QED) is 0.387. The molecule has 5 rings (SSSR count). The summed E-state index contributed by atoms with van der Waals surface area (Å²) in [5, 5.41) is 5.05. The van der Waals surface area contributed by atoms with Crippen LogP contribution in [0.5, 0.6) is 5.75 Å². The molecule has 0 aromatic heterocycles. The van der Waals surface area contributed by atoms with Crippen LogP contribution in [0, 0.1) is 0 Å². The Hall–Kier alpha value is -3.77. The van der Waals surface area contributed by atoms with E-state index in [4.69, 9.17) is 4.74 Å². The van der Waals surface area contributed by atoms with Crippen molar-refractivity contribution in [2.75, 3.05) is 11.9 Å². The number of carbonyl (C=O) groups is 2. The summed E-state index contributed by atoms with van der Waals surface area (Å²) in [7, 11) is 0. The van der Waals surface area contributed by atoms with Gasteiger partial charge in [0.1, 0.15) is 5.75 Å². The second kappa shape index (κ2) is 9.38. The highest BCUT2D eigenvalue weighted by atomic mass is 32.2. The topological polar surface area (TPSA) is 67.4 Å². The molecule has 1 aliphatic heterocycles. The molecule has 1 unspecified atom stereocenters. The first kappa shape index (κ1) is 21.1. The minimum atomic E-state index is -0.342. The van der Waals surface area contributed by atoms with Crippen molar-refractivity contribution in [3.8, 4) is 5.75 Å². The van der Waals surface area contributed by atoms with E-state index in [0.29, 0.717) is 17.9 Å². The maximum absolute atomic E-state index is 13.4. The van der Waals surface area contributed by atoms with E-state index in [0.717, 1.165) is 26.8 Å². The third kappa shape index (κ3) is 4.86. The number of hydrogen-bond acceptors (Lipinski definition) is 4. The van der Waals surface area contributed by atoms with Gasteiger partial charge in [0.2, 0.25) is 5.91 Å². The van der Waals surface area contributed by atoms with Gasteiger partial charge in [0, 0.05) is 4.90 Å². The number of amides is 2. The summed E-state index contributed by atoms with van der Waals surface area (Å²) in [5.74, 6) is 0.0265. The van der Waals surface area contributed by atoms with Gasteiger partial charge in [0.05, 0.1) is 11.6 Å². The van der Waals surface area contributed by atoms with Crippen LogP contribution >= 0.6 is 11.9 Å². The van der Waals surface area contributed by atoms with Gasteiger partial charge >= 0.3 is 0 Å². The fraction of sp³-hybridized carbons (Fsp3) is 0.111. The molecule has 1 heterocycles. The summed E-state index contributed by atoms with van der Waals surface area (Å²) in [6.07, 6.45) is 0.597. The second-order valence-electron chi connectivity index (χ2n) is 7.91. The van der Waals surface area contributed by atoms with Gasteiger partial charge in [-0.2, -0.15) is 0 Å². The number of hydrogen-bond donors (Lipinski definition) is 2. The first-order chi connectivity index (χ1) is 16.2. The maximum atomic E-state index is 13.4. The standard InChI is InChI=1S/C27H22N2O3S/c30-26-17-32-25-13-12-22(16-24(25)28-26)33-29-27(31)23(14-18-6-2-1-3-7-18)21-11-10-19-8-4-5-9-20(19)15-21/h1-13,15-16,23H,14,17H2,(H,28,30)(H,29,31). The highest BCUT2D eigenvalue weighted by Gasteiger charge is 2.22. The molecule has 0 fully saturated rings. The molecule has 5 nitrogen and oxygen atoms in total. The molecule has 0 aliphatic carbocycles. The smallest absolute Gasteiger partial charge is 0.262 e. The Bertz CT molecular complexity index is 1320. The van der Waals surface area contributed by atoms with E-state index < -0.39 is 0 Å². The van der Waals surface area contributed by atoms with E-state index in [2.05, 4.69) is 34.3 Å². The summed E-state index contributed by atoms with van der Waals surface area (Å²) in [6.45, 7) is 0.0170. The summed E-state index contributed by atoms with van der Waals surface area (Å²) in [4.78, 5) is 25.8. The normalized spacial score (nSPS) is 13.5. The molecule has 1 atom stereocenters. The molecule has 0 saturated carbocycles. The van der Waals surface area contributed by atoms with Gasteiger partial charge in [-0.1, -0.05) is 72.8 Å². The van der Waals surface area contributed by atoms with Crippen molar-refractivity contribution in [3.63, 3.8) is 0 Å². The van der Waals surface area contributed by atoms with Crippen molar-refractivity contribution in [2.24, 2.45) is 0 Å². The number of carbonyl (C=O) groups excluding carboxylic acids is 2. The lowest BCUT2D eigenvalue weighted by Crippen LogP contribution is -2.26. The molecule has 4 aromatic carbocycles. The lowest BCUT2D eigenvalue weighted by atomic mass is 9.90.